The molecule has 0 aliphatic carbocycles. The van der Waals surface area contributed by atoms with Gasteiger partial charge < -0.3 is 19.5 Å². The molecule has 5 heteroatoms. The summed E-state index contributed by atoms with van der Waals surface area (Å²) < 4.78 is 11.0. The molecule has 5 nitrogen and oxygen atoms in total. The molecule has 0 saturated carbocycles. The molecule has 2 saturated heterocycles. The third-order valence-corrected chi connectivity index (χ3v) is 4.77. The van der Waals surface area contributed by atoms with Crippen LogP contribution in [0, 0.1) is 0 Å². The zero-order valence-corrected chi connectivity index (χ0v) is 13.0. The smallest absolute Gasteiger partial charge is 0.253 e. The summed E-state index contributed by atoms with van der Waals surface area (Å²) in [7, 11) is 1.61. The van der Waals surface area contributed by atoms with E-state index in [0.29, 0.717) is 31.7 Å². The summed E-state index contributed by atoms with van der Waals surface area (Å²) in [5.41, 5.74) is 0.454. The van der Waals surface area contributed by atoms with Crippen LogP contribution in [0.1, 0.15) is 36.0 Å². The van der Waals surface area contributed by atoms with Crippen LogP contribution in [0.2, 0.25) is 0 Å². The van der Waals surface area contributed by atoms with Crippen molar-refractivity contribution in [1.82, 2.24) is 4.90 Å². The molecule has 0 unspecified atom stereocenters. The van der Waals surface area contributed by atoms with Crippen molar-refractivity contribution in [3.63, 3.8) is 0 Å². The van der Waals surface area contributed by atoms with Gasteiger partial charge in [0.25, 0.3) is 5.91 Å². The maximum absolute atomic E-state index is 12.5. The van der Waals surface area contributed by atoms with E-state index in [9.17, 15) is 9.90 Å². The number of rotatable bonds is 2. The number of ether oxygens (including phenoxy) is 2. The molecule has 2 aliphatic heterocycles. The Labute approximate surface area is 130 Å². The number of hydrogen-bond acceptors (Lipinski definition) is 4. The van der Waals surface area contributed by atoms with Gasteiger partial charge in [0.15, 0.2) is 0 Å². The van der Waals surface area contributed by atoms with Crippen LogP contribution >= 0.6 is 0 Å². The maximum atomic E-state index is 12.5. The molecule has 2 heterocycles. The van der Waals surface area contributed by atoms with Crippen LogP contribution in [0.5, 0.6) is 5.75 Å². The Morgan fingerprint density at radius 1 is 1.32 bits per heavy atom. The fourth-order valence-corrected chi connectivity index (χ4v) is 3.38. The number of amides is 1. The van der Waals surface area contributed by atoms with Crippen molar-refractivity contribution in [1.29, 1.82) is 0 Å². The van der Waals surface area contributed by atoms with Gasteiger partial charge >= 0.3 is 0 Å². The van der Waals surface area contributed by atoms with Gasteiger partial charge in [0.05, 0.1) is 18.8 Å². The van der Waals surface area contributed by atoms with Gasteiger partial charge in [0.2, 0.25) is 0 Å². The highest BCUT2D eigenvalue weighted by molar-refractivity contribution is 5.94. The number of carbonyl (C=O) groups is 1. The van der Waals surface area contributed by atoms with Crippen LogP contribution in [-0.2, 0) is 4.74 Å². The lowest BCUT2D eigenvalue weighted by Gasteiger charge is -2.45. The third kappa shape index (κ3) is 3.10. The van der Waals surface area contributed by atoms with Crippen LogP contribution in [-0.4, -0.2) is 54.4 Å². The zero-order chi connectivity index (χ0) is 15.6. The zero-order valence-electron chi connectivity index (χ0n) is 13.0. The van der Waals surface area contributed by atoms with Crippen molar-refractivity contribution >= 4 is 5.91 Å². The topological polar surface area (TPSA) is 59.0 Å². The number of piperidine rings is 1. The van der Waals surface area contributed by atoms with Gasteiger partial charge in [0, 0.05) is 31.7 Å². The maximum Gasteiger partial charge on any atom is 0.253 e. The quantitative estimate of drug-likeness (QED) is 0.906. The summed E-state index contributed by atoms with van der Waals surface area (Å²) >= 11 is 0. The van der Waals surface area contributed by atoms with E-state index in [1.54, 1.807) is 31.4 Å². The van der Waals surface area contributed by atoms with E-state index in [-0.39, 0.29) is 17.6 Å². The molecule has 120 valence electrons. The van der Waals surface area contributed by atoms with Gasteiger partial charge in [-0.3, -0.25) is 4.79 Å². The molecule has 0 bridgehead atoms. The minimum absolute atomic E-state index is 0.0499. The van der Waals surface area contributed by atoms with Gasteiger partial charge in [-0.15, -0.1) is 0 Å². The Hall–Kier alpha value is -1.59. The highest BCUT2D eigenvalue weighted by Gasteiger charge is 2.40. The van der Waals surface area contributed by atoms with Gasteiger partial charge in [-0.25, -0.2) is 0 Å². The molecule has 2 fully saturated rings. The first-order valence-electron chi connectivity index (χ1n) is 7.87. The first-order chi connectivity index (χ1) is 10.6. The van der Waals surface area contributed by atoms with Crippen molar-refractivity contribution in [3.05, 3.63) is 29.8 Å². The van der Waals surface area contributed by atoms with Crippen molar-refractivity contribution < 1.29 is 19.4 Å². The van der Waals surface area contributed by atoms with E-state index in [4.69, 9.17) is 9.47 Å². The van der Waals surface area contributed by atoms with Crippen LogP contribution in [0.3, 0.4) is 0 Å². The number of hydrogen-bond donors (Lipinski definition) is 1. The molecule has 1 aromatic rings. The third-order valence-electron chi connectivity index (χ3n) is 4.77. The van der Waals surface area contributed by atoms with Crippen molar-refractivity contribution in [2.45, 2.75) is 37.4 Å². The number of nitrogens with zero attached hydrogens (tertiary/aromatic N) is 1. The molecule has 1 aromatic carbocycles. The predicted octanol–water partition coefficient (Wildman–Crippen LogP) is 1.84. The number of aliphatic hydroxyl groups is 1. The number of aliphatic hydroxyl groups excluding tert-OH is 1. The van der Waals surface area contributed by atoms with Crippen LogP contribution in [0.4, 0.5) is 0 Å². The molecular weight excluding hydrogens is 282 g/mol. The minimum Gasteiger partial charge on any atom is -0.497 e. The highest BCUT2D eigenvalue weighted by Crippen LogP contribution is 2.35. The summed E-state index contributed by atoms with van der Waals surface area (Å²) in [6.45, 7) is 1.97. The average molecular weight is 305 g/mol. The molecule has 1 N–H and O–H groups in total. The monoisotopic (exact) mass is 305 g/mol. The van der Waals surface area contributed by atoms with Crippen LogP contribution < -0.4 is 4.74 Å². The molecule has 2 aliphatic rings. The second kappa shape index (κ2) is 6.26. The Kier molecular flexibility index (Phi) is 4.36. The number of likely N-dealkylation sites (tertiary alicyclic amines) is 1. The standard InChI is InChI=1S/C17H23NO4/c1-21-15-4-2-13(3-5-15)16(20)18-9-7-17(8-10-18)12-14(19)6-11-22-17/h2-5,14,19H,6-12H2,1H3/t14-/m0/s1. The number of methoxy groups -OCH3 is 1. The lowest BCUT2D eigenvalue weighted by Crippen LogP contribution is -2.51. The summed E-state index contributed by atoms with van der Waals surface area (Å²) in [6.07, 6.45) is 2.74. The van der Waals surface area contributed by atoms with E-state index in [1.165, 1.54) is 0 Å². The summed E-state index contributed by atoms with van der Waals surface area (Å²) in [6, 6.07) is 7.21. The molecule has 1 spiro atoms. The van der Waals surface area contributed by atoms with E-state index in [2.05, 4.69) is 0 Å². The highest BCUT2D eigenvalue weighted by atomic mass is 16.5. The first kappa shape index (κ1) is 15.3. The van der Waals surface area contributed by atoms with Crippen molar-refractivity contribution in [3.8, 4) is 5.75 Å². The number of benzene rings is 1. The van der Waals surface area contributed by atoms with E-state index < -0.39 is 0 Å². The summed E-state index contributed by atoms with van der Waals surface area (Å²) in [4.78, 5) is 14.4. The second-order valence-corrected chi connectivity index (χ2v) is 6.20. The lowest BCUT2D eigenvalue weighted by atomic mass is 9.83. The van der Waals surface area contributed by atoms with Gasteiger partial charge in [-0.2, -0.15) is 0 Å². The number of carbonyl (C=O) groups excluding carboxylic acids is 1. The normalized spacial score (nSPS) is 24.3. The van der Waals surface area contributed by atoms with E-state index in [0.717, 1.165) is 25.0 Å². The molecular formula is C17H23NO4. The SMILES string of the molecule is COc1ccc(C(=O)N2CCC3(CC2)C[C@@H](O)CCO3)cc1. The van der Waals surface area contributed by atoms with Crippen LogP contribution in [0.25, 0.3) is 0 Å². The Morgan fingerprint density at radius 2 is 2.00 bits per heavy atom. The van der Waals surface area contributed by atoms with Gasteiger partial charge in [-0.05, 0) is 43.5 Å². The first-order valence-corrected chi connectivity index (χ1v) is 7.87. The molecule has 0 aromatic heterocycles. The van der Waals surface area contributed by atoms with Crippen molar-refractivity contribution in [2.24, 2.45) is 0 Å². The Morgan fingerprint density at radius 3 is 2.59 bits per heavy atom. The largest absolute Gasteiger partial charge is 0.497 e. The molecule has 1 amide bonds. The second-order valence-electron chi connectivity index (χ2n) is 6.20. The fourth-order valence-electron chi connectivity index (χ4n) is 3.38. The minimum atomic E-state index is -0.266. The molecule has 3 rings (SSSR count). The molecule has 1 atom stereocenters. The Balaban J connectivity index is 1.61. The van der Waals surface area contributed by atoms with Crippen molar-refractivity contribution in [2.75, 3.05) is 26.8 Å². The van der Waals surface area contributed by atoms with E-state index >= 15 is 0 Å². The lowest BCUT2D eigenvalue weighted by molar-refractivity contribution is -0.139. The van der Waals surface area contributed by atoms with E-state index in [1.807, 2.05) is 4.90 Å². The van der Waals surface area contributed by atoms with Gasteiger partial charge in [-0.1, -0.05) is 0 Å². The summed E-state index contributed by atoms with van der Waals surface area (Å²) in [5, 5.41) is 9.86. The molecule has 22 heavy (non-hydrogen) atoms. The van der Waals surface area contributed by atoms with Gasteiger partial charge in [0.1, 0.15) is 5.75 Å². The average Bonchev–Trinajstić information content (AvgIpc) is 2.55. The molecule has 0 radical (unpaired) electrons. The predicted molar refractivity (Wildman–Crippen MR) is 82.1 cm³/mol. The Bertz CT molecular complexity index is 520. The summed E-state index contributed by atoms with van der Waals surface area (Å²) in [5.74, 6) is 0.799. The van der Waals surface area contributed by atoms with Crippen LogP contribution in [0.15, 0.2) is 24.3 Å². The fraction of sp³-hybridized carbons (Fsp3) is 0.588.